The van der Waals surface area contributed by atoms with Crippen LogP contribution in [0.1, 0.15) is 11.4 Å². The van der Waals surface area contributed by atoms with E-state index < -0.39 is 18.3 Å². The quantitative estimate of drug-likeness (QED) is 0.267. The number of aliphatic hydroxyl groups excluding tert-OH is 1. The number of imidazole rings is 1. The number of carbonyl (C=O) groups excluding carboxylic acids is 1. The predicted octanol–water partition coefficient (Wildman–Crippen LogP) is 4.92. The first kappa shape index (κ1) is 19.5. The number of carbonyl (C=O) groups is 1. The van der Waals surface area contributed by atoms with Crippen LogP contribution in [0.4, 0.5) is 0 Å². The zero-order valence-corrected chi connectivity index (χ0v) is 15.8. The van der Waals surface area contributed by atoms with Crippen molar-refractivity contribution in [3.63, 3.8) is 0 Å². The van der Waals surface area contributed by atoms with Gasteiger partial charge in [0, 0.05) is 16.1 Å². The fourth-order valence-electron chi connectivity index (χ4n) is 2.38. The molecule has 1 aromatic heterocycles. The molecule has 0 aliphatic rings. The predicted molar refractivity (Wildman–Crippen MR) is 108 cm³/mol. The van der Waals surface area contributed by atoms with Crippen LogP contribution in [0, 0.1) is 11.3 Å². The first-order valence-corrected chi connectivity index (χ1v) is 8.80. The third-order valence-corrected chi connectivity index (χ3v) is 4.30. The maximum atomic E-state index is 11.9. The number of H-pyrrole nitrogens is 1. The Hall–Kier alpha value is -3.27. The van der Waals surface area contributed by atoms with Gasteiger partial charge >= 0.3 is 5.97 Å². The number of aromatic amines is 1. The summed E-state index contributed by atoms with van der Waals surface area (Å²) in [6, 6.07) is 13.9. The van der Waals surface area contributed by atoms with Gasteiger partial charge in [-0.25, -0.2) is 9.78 Å². The average Bonchev–Trinajstić information content (AvgIpc) is 3.10. The number of aliphatic hydroxyl groups is 1. The normalized spacial score (nSPS) is 12.0. The van der Waals surface area contributed by atoms with Gasteiger partial charge in [0.2, 0.25) is 0 Å². The van der Waals surface area contributed by atoms with Crippen LogP contribution in [0.2, 0.25) is 10.0 Å². The Morgan fingerprint density at radius 1 is 1.29 bits per heavy atom. The van der Waals surface area contributed by atoms with Crippen LogP contribution in [-0.2, 0) is 9.53 Å². The van der Waals surface area contributed by atoms with Gasteiger partial charge in [-0.05, 0) is 35.9 Å². The maximum Gasteiger partial charge on any atom is 0.331 e. The number of hydrogen-bond donors (Lipinski definition) is 2. The highest BCUT2D eigenvalue weighted by Crippen LogP contribution is 2.22. The van der Waals surface area contributed by atoms with Gasteiger partial charge in [-0.2, -0.15) is 5.26 Å². The highest BCUT2D eigenvalue weighted by molar-refractivity contribution is 6.35. The molecule has 0 spiro atoms. The highest BCUT2D eigenvalue weighted by Gasteiger charge is 2.14. The van der Waals surface area contributed by atoms with Gasteiger partial charge in [-0.1, -0.05) is 41.4 Å². The minimum Gasteiger partial charge on any atom is -0.507 e. The number of nitriles is 1. The van der Waals surface area contributed by atoms with E-state index in [2.05, 4.69) is 9.97 Å². The number of hydrogen-bond acceptors (Lipinski definition) is 5. The van der Waals surface area contributed by atoms with E-state index in [0.29, 0.717) is 21.1 Å². The minimum absolute atomic E-state index is 0.103. The van der Waals surface area contributed by atoms with Gasteiger partial charge in [-0.3, -0.25) is 0 Å². The molecule has 0 atom stereocenters. The molecule has 140 valence electrons. The molecule has 0 aliphatic carbocycles. The molecule has 0 bridgehead atoms. The number of para-hydroxylation sites is 2. The standard InChI is InChI=1S/C20H13Cl2N3O3/c21-13-7-5-12(15(22)9-13)6-8-19(27)28-11-18(26)14(10-23)20-24-16-3-1-2-4-17(16)25-20/h1-9,26H,11H2,(H,24,25). The van der Waals surface area contributed by atoms with E-state index in [1.54, 1.807) is 30.3 Å². The van der Waals surface area contributed by atoms with Gasteiger partial charge in [-0.15, -0.1) is 0 Å². The Morgan fingerprint density at radius 2 is 2.07 bits per heavy atom. The lowest BCUT2D eigenvalue weighted by Crippen LogP contribution is -2.06. The topological polar surface area (TPSA) is 99.0 Å². The van der Waals surface area contributed by atoms with Gasteiger partial charge < -0.3 is 14.8 Å². The van der Waals surface area contributed by atoms with Gasteiger partial charge in [0.15, 0.2) is 11.6 Å². The molecule has 0 unspecified atom stereocenters. The average molecular weight is 414 g/mol. The molecule has 0 saturated heterocycles. The van der Waals surface area contributed by atoms with Crippen LogP contribution in [0.15, 0.2) is 54.3 Å². The Labute approximate surface area is 170 Å². The number of rotatable bonds is 5. The summed E-state index contributed by atoms with van der Waals surface area (Å²) in [5.41, 5.74) is 1.85. The van der Waals surface area contributed by atoms with Crippen LogP contribution in [0.25, 0.3) is 22.7 Å². The number of halogens is 2. The van der Waals surface area contributed by atoms with Crippen molar-refractivity contribution in [2.45, 2.75) is 0 Å². The zero-order chi connectivity index (χ0) is 20.1. The first-order valence-electron chi connectivity index (χ1n) is 8.05. The van der Waals surface area contributed by atoms with Crippen LogP contribution in [0.5, 0.6) is 0 Å². The van der Waals surface area contributed by atoms with Gasteiger partial charge in [0.25, 0.3) is 0 Å². The monoisotopic (exact) mass is 413 g/mol. The third-order valence-electron chi connectivity index (χ3n) is 3.74. The first-order chi connectivity index (χ1) is 13.5. The number of nitrogens with one attached hydrogen (secondary N) is 1. The van der Waals surface area contributed by atoms with E-state index in [0.717, 1.165) is 11.6 Å². The summed E-state index contributed by atoms with van der Waals surface area (Å²) in [5, 5.41) is 20.4. The number of fused-ring (bicyclic) bond motifs is 1. The van der Waals surface area contributed by atoms with Crippen LogP contribution in [0.3, 0.4) is 0 Å². The summed E-state index contributed by atoms with van der Waals surface area (Å²) in [6.45, 7) is -0.475. The Balaban J connectivity index is 1.70. The Morgan fingerprint density at radius 3 is 2.79 bits per heavy atom. The second kappa shape index (κ2) is 8.61. The summed E-state index contributed by atoms with van der Waals surface area (Å²) in [5.74, 6) is -0.923. The fourth-order valence-corrected chi connectivity index (χ4v) is 2.85. The summed E-state index contributed by atoms with van der Waals surface area (Å²) in [4.78, 5) is 19.1. The Bertz CT molecular complexity index is 1110. The van der Waals surface area contributed by atoms with E-state index in [1.807, 2.05) is 18.2 Å². The molecule has 6 nitrogen and oxygen atoms in total. The van der Waals surface area contributed by atoms with Crippen LogP contribution >= 0.6 is 23.2 Å². The number of ether oxygens (including phenoxy) is 1. The largest absolute Gasteiger partial charge is 0.507 e. The number of nitrogens with zero attached hydrogens (tertiary/aromatic N) is 2. The van der Waals surface area contributed by atoms with Crippen molar-refractivity contribution in [2.75, 3.05) is 6.61 Å². The van der Waals surface area contributed by atoms with E-state index in [4.69, 9.17) is 27.9 Å². The van der Waals surface area contributed by atoms with Gasteiger partial charge in [0.1, 0.15) is 18.2 Å². The molecule has 1 heterocycles. The summed E-state index contributed by atoms with van der Waals surface area (Å²) in [6.07, 6.45) is 2.63. The van der Waals surface area contributed by atoms with Crippen molar-refractivity contribution >= 4 is 51.9 Å². The number of aromatic nitrogens is 2. The molecule has 3 aromatic rings. The van der Waals surface area contributed by atoms with Crippen molar-refractivity contribution in [3.05, 3.63) is 75.7 Å². The maximum absolute atomic E-state index is 11.9. The van der Waals surface area contributed by atoms with Crippen molar-refractivity contribution < 1.29 is 14.6 Å². The highest BCUT2D eigenvalue weighted by atomic mass is 35.5. The molecule has 0 amide bonds. The molecule has 0 aliphatic heterocycles. The molecule has 3 rings (SSSR count). The van der Waals surface area contributed by atoms with Crippen molar-refractivity contribution in [3.8, 4) is 6.07 Å². The summed E-state index contributed by atoms with van der Waals surface area (Å²) >= 11 is 11.8. The van der Waals surface area contributed by atoms with Crippen molar-refractivity contribution in [1.82, 2.24) is 9.97 Å². The second-order valence-electron chi connectivity index (χ2n) is 5.64. The smallest absolute Gasteiger partial charge is 0.331 e. The van der Waals surface area contributed by atoms with Crippen molar-refractivity contribution in [1.29, 1.82) is 5.26 Å². The van der Waals surface area contributed by atoms with E-state index in [9.17, 15) is 15.2 Å². The number of allylic oxidation sites excluding steroid dienone is 1. The Kier molecular flexibility index (Phi) is 5.99. The molecule has 8 heteroatoms. The van der Waals surface area contributed by atoms with E-state index >= 15 is 0 Å². The van der Waals surface area contributed by atoms with E-state index in [1.165, 1.54) is 6.08 Å². The van der Waals surface area contributed by atoms with Gasteiger partial charge in [0.05, 0.1) is 11.0 Å². The molecule has 2 N–H and O–H groups in total. The van der Waals surface area contributed by atoms with Crippen LogP contribution < -0.4 is 0 Å². The van der Waals surface area contributed by atoms with Crippen LogP contribution in [-0.4, -0.2) is 27.7 Å². The number of benzene rings is 2. The molecule has 0 radical (unpaired) electrons. The summed E-state index contributed by atoms with van der Waals surface area (Å²) in [7, 11) is 0. The molecule has 28 heavy (non-hydrogen) atoms. The lowest BCUT2D eigenvalue weighted by atomic mass is 10.2. The lowest BCUT2D eigenvalue weighted by Gasteiger charge is -2.03. The molecule has 2 aromatic carbocycles. The third kappa shape index (κ3) is 4.52. The molecule has 0 saturated carbocycles. The van der Waals surface area contributed by atoms with Crippen molar-refractivity contribution in [2.24, 2.45) is 0 Å². The minimum atomic E-state index is -0.709. The summed E-state index contributed by atoms with van der Waals surface area (Å²) < 4.78 is 4.97. The molecular weight excluding hydrogens is 401 g/mol. The SMILES string of the molecule is N#CC(=C(O)COC(=O)C=Cc1ccc(Cl)cc1Cl)c1nc2ccccc2[nH]1. The molecular formula is C20H13Cl2N3O3. The lowest BCUT2D eigenvalue weighted by molar-refractivity contribution is -0.137. The second-order valence-corrected chi connectivity index (χ2v) is 6.49. The molecule has 0 fully saturated rings. The number of esters is 1. The van der Waals surface area contributed by atoms with E-state index in [-0.39, 0.29) is 11.4 Å². The zero-order valence-electron chi connectivity index (χ0n) is 14.3. The fraction of sp³-hybridized carbons (Fsp3) is 0.0500.